The first kappa shape index (κ1) is 23.0. The van der Waals surface area contributed by atoms with Crippen LogP contribution in [0.4, 0.5) is 10.3 Å². The van der Waals surface area contributed by atoms with Crippen LogP contribution >= 0.6 is 11.6 Å². The zero-order valence-electron chi connectivity index (χ0n) is 19.2. The number of aryl methyl sites for hydroxylation is 1. The highest BCUT2D eigenvalue weighted by molar-refractivity contribution is 6.31. The lowest BCUT2D eigenvalue weighted by atomic mass is 10.1. The van der Waals surface area contributed by atoms with Crippen molar-refractivity contribution < 1.29 is 9.18 Å². The van der Waals surface area contributed by atoms with Crippen molar-refractivity contribution in [1.29, 1.82) is 0 Å². The summed E-state index contributed by atoms with van der Waals surface area (Å²) in [6.07, 6.45) is 5.44. The molecule has 1 fully saturated rings. The molecule has 0 bridgehead atoms. The van der Waals surface area contributed by atoms with Crippen LogP contribution in [0.5, 0.6) is 0 Å². The topological polar surface area (TPSA) is 67.2 Å². The van der Waals surface area contributed by atoms with Crippen LogP contribution in [0.25, 0.3) is 16.9 Å². The zero-order chi connectivity index (χ0) is 24.4. The Morgan fingerprint density at radius 3 is 2.43 bits per heavy atom. The molecule has 5 rings (SSSR count). The molecule has 0 atom stereocenters. The Hall–Kier alpha value is -3.78. The van der Waals surface area contributed by atoms with Crippen molar-refractivity contribution in [2.24, 2.45) is 0 Å². The third-order valence-electron chi connectivity index (χ3n) is 6.11. The molecular weight excluding hydrogens is 467 g/mol. The van der Waals surface area contributed by atoms with Gasteiger partial charge in [-0.25, -0.2) is 19.3 Å². The van der Waals surface area contributed by atoms with Crippen molar-refractivity contribution in [3.8, 4) is 16.9 Å². The predicted octanol–water partition coefficient (Wildman–Crippen LogP) is 4.32. The molecule has 0 unspecified atom stereocenters. The second-order valence-corrected chi connectivity index (χ2v) is 8.85. The first-order chi connectivity index (χ1) is 17.0. The fourth-order valence-electron chi connectivity index (χ4n) is 4.17. The fourth-order valence-corrected chi connectivity index (χ4v) is 4.29. The minimum absolute atomic E-state index is 0.00794. The van der Waals surface area contributed by atoms with Gasteiger partial charge in [0, 0.05) is 61.0 Å². The van der Waals surface area contributed by atoms with Gasteiger partial charge in [0.05, 0.1) is 12.1 Å². The van der Waals surface area contributed by atoms with E-state index < -0.39 is 0 Å². The molecule has 9 heteroatoms. The molecule has 0 saturated carbocycles. The highest BCUT2D eigenvalue weighted by Crippen LogP contribution is 2.26. The third kappa shape index (κ3) is 5.02. The lowest BCUT2D eigenvalue weighted by Crippen LogP contribution is -2.49. The van der Waals surface area contributed by atoms with E-state index in [-0.39, 0.29) is 18.1 Å². The van der Waals surface area contributed by atoms with Crippen LogP contribution in [0.3, 0.4) is 0 Å². The molecule has 7 nitrogen and oxygen atoms in total. The van der Waals surface area contributed by atoms with E-state index in [2.05, 4.69) is 14.9 Å². The smallest absolute Gasteiger partial charge is 0.230 e. The van der Waals surface area contributed by atoms with Gasteiger partial charge in [0.15, 0.2) is 0 Å². The van der Waals surface area contributed by atoms with Gasteiger partial charge in [-0.2, -0.15) is 0 Å². The summed E-state index contributed by atoms with van der Waals surface area (Å²) in [5, 5.41) is 0.683. The summed E-state index contributed by atoms with van der Waals surface area (Å²) in [4.78, 5) is 30.5. The third-order valence-corrected chi connectivity index (χ3v) is 6.54. The van der Waals surface area contributed by atoms with Gasteiger partial charge in [0.1, 0.15) is 11.6 Å². The fraction of sp³-hybridized carbons (Fsp3) is 0.231. The van der Waals surface area contributed by atoms with E-state index in [0.717, 1.165) is 22.5 Å². The van der Waals surface area contributed by atoms with E-state index >= 15 is 0 Å². The molecule has 0 spiro atoms. The lowest BCUT2D eigenvalue weighted by molar-refractivity contribution is -0.130. The van der Waals surface area contributed by atoms with Crippen molar-refractivity contribution in [1.82, 2.24) is 24.4 Å². The number of carbonyl (C=O) groups is 1. The predicted molar refractivity (Wildman–Crippen MR) is 133 cm³/mol. The molecule has 178 valence electrons. The van der Waals surface area contributed by atoms with Crippen LogP contribution in [-0.4, -0.2) is 56.5 Å². The van der Waals surface area contributed by atoms with Gasteiger partial charge in [-0.05, 0) is 55.0 Å². The number of imidazole rings is 1. The summed E-state index contributed by atoms with van der Waals surface area (Å²) in [5.41, 5.74) is 3.31. The minimum Gasteiger partial charge on any atom is -0.339 e. The van der Waals surface area contributed by atoms with Gasteiger partial charge in [0.2, 0.25) is 11.9 Å². The van der Waals surface area contributed by atoms with E-state index in [9.17, 15) is 9.18 Å². The quantitative estimate of drug-likeness (QED) is 0.417. The molecular formula is C26H24ClFN6O. The molecule has 1 saturated heterocycles. The van der Waals surface area contributed by atoms with E-state index in [1.165, 1.54) is 12.1 Å². The standard InChI is InChI=1S/C26H24ClFN6O/c1-18-15-19(3-8-22(18)27)23-17-34(21-6-4-20(28)5-7-21)24(31-23)16-25(35)32-11-13-33(14-12-32)26-29-9-2-10-30-26/h2-10,15,17H,11-14,16H2,1H3. The summed E-state index contributed by atoms with van der Waals surface area (Å²) < 4.78 is 15.4. The average Bonchev–Trinajstić information content (AvgIpc) is 3.30. The molecule has 1 aliphatic rings. The molecule has 0 aliphatic carbocycles. The number of aromatic nitrogens is 4. The summed E-state index contributed by atoms with van der Waals surface area (Å²) >= 11 is 6.20. The number of rotatable bonds is 5. The van der Waals surface area contributed by atoms with E-state index in [4.69, 9.17) is 16.6 Å². The summed E-state index contributed by atoms with van der Waals surface area (Å²) in [5.74, 6) is 0.944. The van der Waals surface area contributed by atoms with Crippen molar-refractivity contribution in [3.05, 3.63) is 89.3 Å². The normalized spacial score (nSPS) is 13.8. The maximum atomic E-state index is 13.6. The molecule has 2 aromatic carbocycles. The Bertz CT molecular complexity index is 1330. The van der Waals surface area contributed by atoms with E-state index in [1.54, 1.807) is 30.6 Å². The largest absolute Gasteiger partial charge is 0.339 e. The Labute approximate surface area is 207 Å². The number of benzene rings is 2. The first-order valence-electron chi connectivity index (χ1n) is 11.4. The monoisotopic (exact) mass is 490 g/mol. The van der Waals surface area contributed by atoms with Crippen LogP contribution in [0.15, 0.2) is 67.1 Å². The van der Waals surface area contributed by atoms with Gasteiger partial charge >= 0.3 is 0 Å². The summed E-state index contributed by atoms with van der Waals surface area (Å²) in [6.45, 7) is 4.43. The van der Waals surface area contributed by atoms with Gasteiger partial charge in [0.25, 0.3) is 0 Å². The van der Waals surface area contributed by atoms with Crippen LogP contribution in [-0.2, 0) is 11.2 Å². The van der Waals surface area contributed by atoms with Crippen LogP contribution in [0.1, 0.15) is 11.4 Å². The molecule has 4 aromatic rings. The highest BCUT2D eigenvalue weighted by atomic mass is 35.5. The second kappa shape index (κ2) is 9.84. The van der Waals surface area contributed by atoms with Crippen molar-refractivity contribution in [2.75, 3.05) is 31.1 Å². The van der Waals surface area contributed by atoms with E-state index in [1.807, 2.05) is 40.8 Å². The van der Waals surface area contributed by atoms with Gasteiger partial charge < -0.3 is 14.4 Å². The Kier molecular flexibility index (Phi) is 6.46. The number of carbonyl (C=O) groups excluding carboxylic acids is 1. The van der Waals surface area contributed by atoms with Crippen LogP contribution in [0, 0.1) is 12.7 Å². The van der Waals surface area contributed by atoms with Crippen molar-refractivity contribution >= 4 is 23.5 Å². The number of hydrogen-bond acceptors (Lipinski definition) is 5. The highest BCUT2D eigenvalue weighted by Gasteiger charge is 2.24. The van der Waals surface area contributed by atoms with Gasteiger partial charge in [-0.1, -0.05) is 17.7 Å². The van der Waals surface area contributed by atoms with Gasteiger partial charge in [-0.3, -0.25) is 4.79 Å². The average molecular weight is 491 g/mol. The van der Waals surface area contributed by atoms with Gasteiger partial charge in [-0.15, -0.1) is 0 Å². The summed E-state index contributed by atoms with van der Waals surface area (Å²) in [7, 11) is 0. The van der Waals surface area contributed by atoms with Crippen LogP contribution < -0.4 is 4.90 Å². The number of hydrogen-bond donors (Lipinski definition) is 0. The Morgan fingerprint density at radius 2 is 1.74 bits per heavy atom. The zero-order valence-corrected chi connectivity index (χ0v) is 20.0. The second-order valence-electron chi connectivity index (χ2n) is 8.45. The molecule has 2 aromatic heterocycles. The molecule has 0 N–H and O–H groups in total. The van der Waals surface area contributed by atoms with Crippen LogP contribution in [0.2, 0.25) is 5.02 Å². The minimum atomic E-state index is -0.319. The van der Waals surface area contributed by atoms with Crippen molar-refractivity contribution in [2.45, 2.75) is 13.3 Å². The Balaban J connectivity index is 1.38. The number of anilines is 1. The summed E-state index contributed by atoms with van der Waals surface area (Å²) in [6, 6.07) is 13.7. The Morgan fingerprint density at radius 1 is 1.03 bits per heavy atom. The molecule has 3 heterocycles. The van der Waals surface area contributed by atoms with E-state index in [0.29, 0.717) is 43.0 Å². The molecule has 0 radical (unpaired) electrons. The molecule has 1 aliphatic heterocycles. The van der Waals surface area contributed by atoms with Crippen molar-refractivity contribution in [3.63, 3.8) is 0 Å². The SMILES string of the molecule is Cc1cc(-c2cn(-c3ccc(F)cc3)c(CC(=O)N3CCN(c4ncccn4)CC3)n2)ccc1Cl. The molecule has 35 heavy (non-hydrogen) atoms. The number of amides is 1. The molecule has 1 amide bonds. The number of nitrogens with zero attached hydrogens (tertiary/aromatic N) is 6. The maximum Gasteiger partial charge on any atom is 0.230 e. The number of halogens is 2. The number of piperazine rings is 1. The first-order valence-corrected chi connectivity index (χ1v) is 11.8. The maximum absolute atomic E-state index is 13.6. The lowest BCUT2D eigenvalue weighted by Gasteiger charge is -2.34.